The Morgan fingerprint density at radius 2 is 1.60 bits per heavy atom. The van der Waals surface area contributed by atoms with E-state index in [2.05, 4.69) is 0 Å². The number of aliphatic hydroxyl groups excluding tert-OH is 4. The minimum absolute atomic E-state index is 0.398. The molecular weight excluding hydrogens is 268 g/mol. The van der Waals surface area contributed by atoms with E-state index in [1.54, 1.807) is 24.3 Å². The number of methoxy groups -OCH3 is 1. The predicted octanol–water partition coefficient (Wildman–Crippen LogP) is -1.13. The lowest BCUT2D eigenvalue weighted by molar-refractivity contribution is -0.277. The van der Waals surface area contributed by atoms with E-state index in [1.807, 2.05) is 0 Å². The van der Waals surface area contributed by atoms with Crippen LogP contribution in [0.15, 0.2) is 24.3 Å². The maximum absolute atomic E-state index is 9.82. The van der Waals surface area contributed by atoms with Crippen LogP contribution in [0.1, 0.15) is 0 Å². The maximum Gasteiger partial charge on any atom is 0.229 e. The number of hydrogen-bond donors (Lipinski definition) is 4. The van der Waals surface area contributed by atoms with Crippen LogP contribution < -0.4 is 9.47 Å². The molecule has 0 amide bonds. The Bertz CT molecular complexity index is 419. The summed E-state index contributed by atoms with van der Waals surface area (Å²) in [6, 6.07) is 6.55. The highest BCUT2D eigenvalue weighted by Gasteiger charge is 2.44. The molecule has 1 aliphatic heterocycles. The smallest absolute Gasteiger partial charge is 0.229 e. The summed E-state index contributed by atoms with van der Waals surface area (Å²) in [5.74, 6) is 1.04. The molecule has 0 radical (unpaired) electrons. The van der Waals surface area contributed by atoms with E-state index in [1.165, 1.54) is 7.11 Å². The summed E-state index contributed by atoms with van der Waals surface area (Å²) in [4.78, 5) is 0. The van der Waals surface area contributed by atoms with E-state index in [9.17, 15) is 15.3 Å². The molecule has 20 heavy (non-hydrogen) atoms. The van der Waals surface area contributed by atoms with Gasteiger partial charge in [0, 0.05) is 0 Å². The molecule has 0 saturated carbocycles. The SMILES string of the molecule is COc1ccc(O[C@@H]2O[C@H](CO)[C@@H](O)[C@H](O)[C@@H]2O)cc1. The Morgan fingerprint density at radius 1 is 1.00 bits per heavy atom. The van der Waals surface area contributed by atoms with Crippen LogP contribution in [0.5, 0.6) is 11.5 Å². The van der Waals surface area contributed by atoms with Crippen LogP contribution in [0.4, 0.5) is 0 Å². The van der Waals surface area contributed by atoms with Crippen molar-refractivity contribution in [2.75, 3.05) is 13.7 Å². The van der Waals surface area contributed by atoms with Gasteiger partial charge in [-0.2, -0.15) is 0 Å². The Balaban J connectivity index is 2.06. The zero-order valence-electron chi connectivity index (χ0n) is 10.9. The predicted molar refractivity (Wildman–Crippen MR) is 67.4 cm³/mol. The van der Waals surface area contributed by atoms with Crippen molar-refractivity contribution in [1.82, 2.24) is 0 Å². The van der Waals surface area contributed by atoms with Gasteiger partial charge in [0.2, 0.25) is 6.29 Å². The summed E-state index contributed by atoms with van der Waals surface area (Å²) in [6.45, 7) is -0.493. The van der Waals surface area contributed by atoms with Gasteiger partial charge in [-0.05, 0) is 24.3 Å². The first-order valence-corrected chi connectivity index (χ1v) is 6.18. The standard InChI is InChI=1S/C13H18O7/c1-18-7-2-4-8(5-3-7)19-13-12(17)11(16)10(15)9(6-14)20-13/h2-5,9-17H,6H2,1H3/t9-,10-,11+,12+,13-/m1/s1. The molecule has 0 aromatic heterocycles. The summed E-state index contributed by atoms with van der Waals surface area (Å²) in [7, 11) is 1.54. The van der Waals surface area contributed by atoms with Crippen molar-refractivity contribution >= 4 is 0 Å². The number of rotatable bonds is 4. The lowest BCUT2D eigenvalue weighted by Gasteiger charge is -2.39. The molecule has 1 saturated heterocycles. The third-order valence-corrected chi connectivity index (χ3v) is 3.16. The number of aliphatic hydroxyl groups is 4. The third-order valence-electron chi connectivity index (χ3n) is 3.16. The van der Waals surface area contributed by atoms with E-state index < -0.39 is 37.3 Å². The lowest BCUT2D eigenvalue weighted by Crippen LogP contribution is -2.60. The average Bonchev–Trinajstić information content (AvgIpc) is 2.48. The van der Waals surface area contributed by atoms with Crippen molar-refractivity contribution in [3.63, 3.8) is 0 Å². The molecule has 0 bridgehead atoms. The average molecular weight is 286 g/mol. The van der Waals surface area contributed by atoms with Crippen molar-refractivity contribution < 1.29 is 34.6 Å². The Morgan fingerprint density at radius 3 is 2.15 bits per heavy atom. The molecule has 7 nitrogen and oxygen atoms in total. The van der Waals surface area contributed by atoms with Crippen molar-refractivity contribution in [2.24, 2.45) is 0 Å². The molecule has 1 aromatic rings. The molecule has 1 heterocycles. The van der Waals surface area contributed by atoms with Gasteiger partial charge in [-0.3, -0.25) is 0 Å². The van der Waals surface area contributed by atoms with Gasteiger partial charge in [-0.15, -0.1) is 0 Å². The Hall–Kier alpha value is -1.38. The minimum Gasteiger partial charge on any atom is -0.497 e. The van der Waals surface area contributed by atoms with Crippen molar-refractivity contribution in [3.8, 4) is 11.5 Å². The Labute approximate surface area is 115 Å². The molecule has 1 aromatic carbocycles. The monoisotopic (exact) mass is 286 g/mol. The van der Waals surface area contributed by atoms with Gasteiger partial charge in [-0.1, -0.05) is 0 Å². The zero-order chi connectivity index (χ0) is 14.7. The highest BCUT2D eigenvalue weighted by Crippen LogP contribution is 2.25. The van der Waals surface area contributed by atoms with E-state index in [0.717, 1.165) is 0 Å². The largest absolute Gasteiger partial charge is 0.497 e. The lowest BCUT2D eigenvalue weighted by atomic mass is 9.99. The normalized spacial score (nSPS) is 33.8. The molecule has 4 N–H and O–H groups in total. The van der Waals surface area contributed by atoms with Crippen LogP contribution in [0.25, 0.3) is 0 Å². The minimum atomic E-state index is -1.45. The highest BCUT2D eigenvalue weighted by molar-refractivity contribution is 5.31. The van der Waals surface area contributed by atoms with Gasteiger partial charge in [-0.25, -0.2) is 0 Å². The van der Waals surface area contributed by atoms with Crippen LogP contribution in [0, 0.1) is 0 Å². The zero-order valence-corrected chi connectivity index (χ0v) is 10.9. The third kappa shape index (κ3) is 3.02. The fourth-order valence-corrected chi connectivity index (χ4v) is 1.95. The Kier molecular flexibility index (Phi) is 4.79. The molecule has 1 aliphatic rings. The quantitative estimate of drug-likeness (QED) is 0.555. The van der Waals surface area contributed by atoms with Crippen LogP contribution in [-0.4, -0.2) is 64.8 Å². The number of hydrogen-bond acceptors (Lipinski definition) is 7. The molecule has 7 heteroatoms. The second-order valence-electron chi connectivity index (χ2n) is 4.49. The van der Waals surface area contributed by atoms with E-state index in [-0.39, 0.29) is 0 Å². The van der Waals surface area contributed by atoms with Gasteiger partial charge in [0.15, 0.2) is 0 Å². The second-order valence-corrected chi connectivity index (χ2v) is 4.49. The van der Waals surface area contributed by atoms with Crippen molar-refractivity contribution in [3.05, 3.63) is 24.3 Å². The van der Waals surface area contributed by atoms with Gasteiger partial charge >= 0.3 is 0 Å². The summed E-state index contributed by atoms with van der Waals surface area (Å²) in [5, 5.41) is 38.2. The first-order valence-electron chi connectivity index (χ1n) is 6.18. The highest BCUT2D eigenvalue weighted by atomic mass is 16.7. The summed E-state index contributed by atoms with van der Waals surface area (Å²) < 4.78 is 15.6. The van der Waals surface area contributed by atoms with Gasteiger partial charge in [0.25, 0.3) is 0 Å². The molecule has 0 unspecified atom stereocenters. The molecular formula is C13H18O7. The van der Waals surface area contributed by atoms with Crippen molar-refractivity contribution in [1.29, 1.82) is 0 Å². The molecule has 2 rings (SSSR count). The van der Waals surface area contributed by atoms with Crippen molar-refractivity contribution in [2.45, 2.75) is 30.7 Å². The van der Waals surface area contributed by atoms with Gasteiger partial charge in [0.1, 0.15) is 35.9 Å². The van der Waals surface area contributed by atoms with Crippen LogP contribution in [0.3, 0.4) is 0 Å². The van der Waals surface area contributed by atoms with Gasteiger partial charge < -0.3 is 34.6 Å². The van der Waals surface area contributed by atoms with E-state index >= 15 is 0 Å². The molecule has 0 spiro atoms. The maximum atomic E-state index is 9.82. The fraction of sp³-hybridized carbons (Fsp3) is 0.538. The second kappa shape index (κ2) is 6.38. The van der Waals surface area contributed by atoms with Crippen LogP contribution in [0.2, 0.25) is 0 Å². The summed E-state index contributed by atoms with van der Waals surface area (Å²) in [5.41, 5.74) is 0. The first-order chi connectivity index (χ1) is 9.56. The fourth-order valence-electron chi connectivity index (χ4n) is 1.95. The van der Waals surface area contributed by atoms with Crippen LogP contribution >= 0.6 is 0 Å². The topological polar surface area (TPSA) is 109 Å². The number of benzene rings is 1. The first kappa shape index (κ1) is 15.0. The van der Waals surface area contributed by atoms with Gasteiger partial charge in [0.05, 0.1) is 13.7 Å². The van der Waals surface area contributed by atoms with Crippen LogP contribution in [-0.2, 0) is 4.74 Å². The summed E-state index contributed by atoms with van der Waals surface area (Å²) in [6.07, 6.45) is -6.44. The van der Waals surface area contributed by atoms with E-state index in [4.69, 9.17) is 19.3 Å². The molecule has 1 fully saturated rings. The van der Waals surface area contributed by atoms with E-state index in [0.29, 0.717) is 11.5 Å². The summed E-state index contributed by atoms with van der Waals surface area (Å²) >= 11 is 0. The molecule has 112 valence electrons. The number of ether oxygens (including phenoxy) is 3. The molecule has 0 aliphatic carbocycles. The molecule has 5 atom stereocenters.